The molecule has 0 radical (unpaired) electrons. The van der Waals surface area contributed by atoms with E-state index >= 15 is 0 Å². The minimum absolute atomic E-state index is 0.496. The van der Waals surface area contributed by atoms with Crippen LogP contribution in [0.15, 0.2) is 18.2 Å². The first-order valence-corrected chi connectivity index (χ1v) is 6.65. The zero-order valence-corrected chi connectivity index (χ0v) is 11.7. The molecule has 1 saturated heterocycles. The van der Waals surface area contributed by atoms with Crippen molar-refractivity contribution in [2.24, 2.45) is 5.41 Å². The van der Waals surface area contributed by atoms with Crippen LogP contribution in [-0.4, -0.2) is 25.1 Å². The Morgan fingerprint density at radius 1 is 1.28 bits per heavy atom. The zero-order chi connectivity index (χ0) is 13.2. The molecule has 0 aromatic heterocycles. The van der Waals surface area contributed by atoms with E-state index in [0.717, 1.165) is 31.1 Å². The topological polar surface area (TPSA) is 38.5 Å². The highest BCUT2D eigenvalue weighted by molar-refractivity contribution is 5.47. The lowest BCUT2D eigenvalue weighted by Crippen LogP contribution is -2.36. The second kappa shape index (κ2) is 5.19. The van der Waals surface area contributed by atoms with Crippen molar-refractivity contribution < 1.29 is 4.74 Å². The molecule has 0 bridgehead atoms. The summed E-state index contributed by atoms with van der Waals surface area (Å²) in [6.07, 6.45) is 2.52. The fourth-order valence-corrected chi connectivity index (χ4v) is 2.48. The number of hydrogen-bond donors (Lipinski definition) is 1. The SMILES string of the molecule is COc1ccc(N)cc1CN1CCC(C)(C)CC1. The Balaban J connectivity index is 2.04. The minimum atomic E-state index is 0.496. The fourth-order valence-electron chi connectivity index (χ4n) is 2.48. The summed E-state index contributed by atoms with van der Waals surface area (Å²) in [5.74, 6) is 0.939. The molecule has 100 valence electrons. The van der Waals surface area contributed by atoms with Gasteiger partial charge in [0.05, 0.1) is 7.11 Å². The van der Waals surface area contributed by atoms with Crippen LogP contribution in [0.4, 0.5) is 5.69 Å². The average Bonchev–Trinajstić information content (AvgIpc) is 2.32. The first-order valence-electron chi connectivity index (χ1n) is 6.65. The Bertz CT molecular complexity index is 405. The van der Waals surface area contributed by atoms with Gasteiger partial charge < -0.3 is 10.5 Å². The molecule has 0 aliphatic carbocycles. The Labute approximate surface area is 110 Å². The van der Waals surface area contributed by atoms with Crippen molar-refractivity contribution in [3.8, 4) is 5.75 Å². The van der Waals surface area contributed by atoms with E-state index in [1.54, 1.807) is 7.11 Å². The number of hydrogen-bond acceptors (Lipinski definition) is 3. The molecular weight excluding hydrogens is 224 g/mol. The van der Waals surface area contributed by atoms with Crippen molar-refractivity contribution in [1.29, 1.82) is 0 Å². The van der Waals surface area contributed by atoms with E-state index in [1.807, 2.05) is 18.2 Å². The Kier molecular flexibility index (Phi) is 3.81. The molecule has 2 N–H and O–H groups in total. The number of rotatable bonds is 3. The van der Waals surface area contributed by atoms with Gasteiger partial charge in [-0.3, -0.25) is 4.90 Å². The molecular formula is C15H24N2O. The van der Waals surface area contributed by atoms with Crippen molar-refractivity contribution >= 4 is 5.69 Å². The molecule has 1 fully saturated rings. The molecule has 1 aromatic rings. The van der Waals surface area contributed by atoms with Gasteiger partial charge in [0.15, 0.2) is 0 Å². The van der Waals surface area contributed by atoms with Crippen LogP contribution in [0.25, 0.3) is 0 Å². The monoisotopic (exact) mass is 248 g/mol. The van der Waals surface area contributed by atoms with E-state index in [-0.39, 0.29) is 0 Å². The third-order valence-electron chi connectivity index (χ3n) is 3.91. The van der Waals surface area contributed by atoms with E-state index in [9.17, 15) is 0 Å². The molecule has 18 heavy (non-hydrogen) atoms. The summed E-state index contributed by atoms with van der Waals surface area (Å²) in [6.45, 7) is 7.96. The van der Waals surface area contributed by atoms with Crippen molar-refractivity contribution in [2.75, 3.05) is 25.9 Å². The molecule has 1 aliphatic heterocycles. The summed E-state index contributed by atoms with van der Waals surface area (Å²) in [4.78, 5) is 2.49. The van der Waals surface area contributed by atoms with Crippen LogP contribution >= 0.6 is 0 Å². The Morgan fingerprint density at radius 2 is 1.94 bits per heavy atom. The summed E-state index contributed by atoms with van der Waals surface area (Å²) in [5.41, 5.74) is 8.35. The molecule has 2 rings (SSSR count). The maximum Gasteiger partial charge on any atom is 0.123 e. The quantitative estimate of drug-likeness (QED) is 0.836. The largest absolute Gasteiger partial charge is 0.496 e. The van der Waals surface area contributed by atoms with Crippen LogP contribution in [0.3, 0.4) is 0 Å². The number of nitrogens with zero attached hydrogens (tertiary/aromatic N) is 1. The highest BCUT2D eigenvalue weighted by atomic mass is 16.5. The molecule has 1 heterocycles. The highest BCUT2D eigenvalue weighted by Crippen LogP contribution is 2.31. The predicted octanol–water partition coefficient (Wildman–Crippen LogP) is 2.90. The number of likely N-dealkylation sites (tertiary alicyclic amines) is 1. The third kappa shape index (κ3) is 3.16. The summed E-state index contributed by atoms with van der Waals surface area (Å²) in [5, 5.41) is 0. The molecule has 0 amide bonds. The minimum Gasteiger partial charge on any atom is -0.496 e. The molecule has 3 heteroatoms. The fraction of sp³-hybridized carbons (Fsp3) is 0.600. The van der Waals surface area contributed by atoms with E-state index in [4.69, 9.17) is 10.5 Å². The normalized spacial score (nSPS) is 19.7. The summed E-state index contributed by atoms with van der Waals surface area (Å²) >= 11 is 0. The molecule has 0 spiro atoms. The lowest BCUT2D eigenvalue weighted by atomic mass is 9.82. The number of benzene rings is 1. The molecule has 0 atom stereocenters. The van der Waals surface area contributed by atoms with E-state index in [1.165, 1.54) is 18.4 Å². The van der Waals surface area contributed by atoms with Gasteiger partial charge in [-0.25, -0.2) is 0 Å². The van der Waals surface area contributed by atoms with E-state index in [0.29, 0.717) is 5.41 Å². The number of piperidine rings is 1. The number of anilines is 1. The second-order valence-electron chi connectivity index (χ2n) is 6.01. The van der Waals surface area contributed by atoms with Crippen molar-refractivity contribution in [3.05, 3.63) is 23.8 Å². The van der Waals surface area contributed by atoms with Crippen molar-refractivity contribution in [3.63, 3.8) is 0 Å². The lowest BCUT2D eigenvalue weighted by Gasteiger charge is -2.37. The first-order chi connectivity index (χ1) is 8.50. The number of nitrogens with two attached hydrogens (primary N) is 1. The van der Waals surface area contributed by atoms with Gasteiger partial charge in [0.2, 0.25) is 0 Å². The average molecular weight is 248 g/mol. The molecule has 3 nitrogen and oxygen atoms in total. The molecule has 0 saturated carbocycles. The maximum atomic E-state index is 5.86. The lowest BCUT2D eigenvalue weighted by molar-refractivity contribution is 0.126. The second-order valence-corrected chi connectivity index (χ2v) is 6.01. The van der Waals surface area contributed by atoms with Gasteiger partial charge in [-0.1, -0.05) is 13.8 Å². The molecule has 1 aliphatic rings. The summed E-state index contributed by atoms with van der Waals surface area (Å²) in [7, 11) is 1.72. The predicted molar refractivity (Wildman–Crippen MR) is 75.7 cm³/mol. The highest BCUT2D eigenvalue weighted by Gasteiger charge is 2.25. The maximum absolute atomic E-state index is 5.86. The van der Waals surface area contributed by atoms with Gasteiger partial charge in [-0.2, -0.15) is 0 Å². The van der Waals surface area contributed by atoms with Crippen molar-refractivity contribution in [2.45, 2.75) is 33.2 Å². The van der Waals surface area contributed by atoms with Gasteiger partial charge >= 0.3 is 0 Å². The Hall–Kier alpha value is -1.22. The van der Waals surface area contributed by atoms with Gasteiger partial charge in [0.25, 0.3) is 0 Å². The van der Waals surface area contributed by atoms with Gasteiger partial charge in [-0.15, -0.1) is 0 Å². The first kappa shape index (κ1) is 13.2. The van der Waals surface area contributed by atoms with Crippen LogP contribution in [0.2, 0.25) is 0 Å². The zero-order valence-electron chi connectivity index (χ0n) is 11.7. The van der Waals surface area contributed by atoms with E-state index in [2.05, 4.69) is 18.7 Å². The van der Waals surface area contributed by atoms with Crippen LogP contribution in [0.1, 0.15) is 32.3 Å². The number of methoxy groups -OCH3 is 1. The summed E-state index contributed by atoms with van der Waals surface area (Å²) in [6, 6.07) is 5.87. The van der Waals surface area contributed by atoms with Gasteiger partial charge in [0, 0.05) is 17.8 Å². The van der Waals surface area contributed by atoms with Crippen LogP contribution < -0.4 is 10.5 Å². The standard InChI is InChI=1S/C15H24N2O/c1-15(2)6-8-17(9-7-15)11-12-10-13(16)4-5-14(12)18-3/h4-5,10H,6-9,11,16H2,1-3H3. The molecule has 1 aromatic carbocycles. The smallest absolute Gasteiger partial charge is 0.123 e. The van der Waals surface area contributed by atoms with Crippen LogP contribution in [0, 0.1) is 5.41 Å². The third-order valence-corrected chi connectivity index (χ3v) is 3.91. The summed E-state index contributed by atoms with van der Waals surface area (Å²) < 4.78 is 5.40. The van der Waals surface area contributed by atoms with Crippen molar-refractivity contribution in [1.82, 2.24) is 4.90 Å². The Morgan fingerprint density at radius 3 is 2.56 bits per heavy atom. The van der Waals surface area contributed by atoms with Gasteiger partial charge in [-0.05, 0) is 49.5 Å². The van der Waals surface area contributed by atoms with Crippen LogP contribution in [-0.2, 0) is 6.54 Å². The van der Waals surface area contributed by atoms with E-state index < -0.39 is 0 Å². The molecule has 0 unspecified atom stereocenters. The number of ether oxygens (including phenoxy) is 1. The van der Waals surface area contributed by atoms with Gasteiger partial charge in [0.1, 0.15) is 5.75 Å². The van der Waals surface area contributed by atoms with Crippen LogP contribution in [0.5, 0.6) is 5.75 Å². The number of nitrogen functional groups attached to an aromatic ring is 1.